The first-order valence-corrected chi connectivity index (χ1v) is 10.8. The molecule has 2 N–H and O–H groups in total. The van der Waals surface area contributed by atoms with Crippen molar-refractivity contribution >= 4 is 16.8 Å². The Kier molecular flexibility index (Phi) is 5.06. The molecule has 0 radical (unpaired) electrons. The van der Waals surface area contributed by atoms with E-state index in [0.29, 0.717) is 12.8 Å². The summed E-state index contributed by atoms with van der Waals surface area (Å²) in [5.41, 5.74) is 6.32. The zero-order chi connectivity index (χ0) is 21.4. The first kappa shape index (κ1) is 19.5. The summed E-state index contributed by atoms with van der Waals surface area (Å²) in [5, 5.41) is 8.67. The molecule has 1 atom stereocenters. The normalized spacial score (nSPS) is 15.7. The van der Waals surface area contributed by atoms with Gasteiger partial charge in [-0.15, -0.1) is 0 Å². The number of aromatic nitrogens is 3. The number of rotatable bonds is 5. The number of nitrogens with zero attached hydrogens (tertiary/aromatic N) is 2. The van der Waals surface area contributed by atoms with Crippen LogP contribution in [0.1, 0.15) is 42.1 Å². The molecule has 158 valence electrons. The second kappa shape index (κ2) is 8.02. The molecule has 2 heterocycles. The number of halogens is 1. The van der Waals surface area contributed by atoms with Gasteiger partial charge in [-0.2, -0.15) is 5.10 Å². The Morgan fingerprint density at radius 2 is 2.03 bits per heavy atom. The lowest BCUT2D eigenvalue weighted by molar-refractivity contribution is -0.121. The van der Waals surface area contributed by atoms with Gasteiger partial charge in [0.1, 0.15) is 5.82 Å². The molecule has 0 fully saturated rings. The maximum atomic E-state index is 13.4. The fraction of sp³-hybridized carbons (Fsp3) is 0.280. The summed E-state index contributed by atoms with van der Waals surface area (Å²) in [6.45, 7) is 0. The fourth-order valence-corrected chi connectivity index (χ4v) is 4.68. The van der Waals surface area contributed by atoms with E-state index < -0.39 is 0 Å². The lowest BCUT2D eigenvalue weighted by atomic mass is 9.92. The molecule has 0 saturated carbocycles. The Labute approximate surface area is 180 Å². The van der Waals surface area contributed by atoms with Gasteiger partial charge in [0, 0.05) is 41.3 Å². The molecule has 0 saturated heterocycles. The largest absolute Gasteiger partial charge is 0.354 e. The van der Waals surface area contributed by atoms with Crippen molar-refractivity contribution in [2.24, 2.45) is 7.05 Å². The summed E-state index contributed by atoms with van der Waals surface area (Å²) in [5.74, 6) is -0.222. The molecular formula is C25H25FN4O. The van der Waals surface area contributed by atoms with Crippen molar-refractivity contribution in [2.45, 2.75) is 38.1 Å². The van der Waals surface area contributed by atoms with Crippen molar-refractivity contribution in [1.29, 1.82) is 0 Å². The maximum Gasteiger partial charge on any atom is 0.220 e. The van der Waals surface area contributed by atoms with Gasteiger partial charge in [0.25, 0.3) is 0 Å². The topological polar surface area (TPSA) is 62.7 Å². The van der Waals surface area contributed by atoms with Crippen LogP contribution in [0.4, 0.5) is 4.39 Å². The van der Waals surface area contributed by atoms with Crippen LogP contribution in [-0.2, 0) is 24.7 Å². The third-order valence-corrected chi connectivity index (χ3v) is 6.26. The number of hydrogen-bond acceptors (Lipinski definition) is 2. The Morgan fingerprint density at radius 1 is 1.23 bits per heavy atom. The molecule has 2 aromatic carbocycles. The average molecular weight is 417 g/mol. The molecule has 6 heteroatoms. The minimum Gasteiger partial charge on any atom is -0.354 e. The average Bonchev–Trinajstić information content (AvgIpc) is 3.34. The van der Waals surface area contributed by atoms with E-state index >= 15 is 0 Å². The Bertz CT molecular complexity index is 1240. The van der Waals surface area contributed by atoms with Crippen molar-refractivity contribution in [3.63, 3.8) is 0 Å². The summed E-state index contributed by atoms with van der Waals surface area (Å²) in [6, 6.07) is 14.6. The van der Waals surface area contributed by atoms with Gasteiger partial charge in [-0.3, -0.25) is 9.48 Å². The number of carbonyl (C=O) groups is 1. The van der Waals surface area contributed by atoms with Crippen LogP contribution in [0, 0.1) is 5.82 Å². The van der Waals surface area contributed by atoms with Gasteiger partial charge < -0.3 is 10.3 Å². The van der Waals surface area contributed by atoms with Gasteiger partial charge in [0.05, 0.1) is 12.2 Å². The van der Waals surface area contributed by atoms with Crippen LogP contribution in [0.5, 0.6) is 0 Å². The van der Waals surface area contributed by atoms with Crippen LogP contribution in [0.3, 0.4) is 0 Å². The van der Waals surface area contributed by atoms with Crippen molar-refractivity contribution < 1.29 is 9.18 Å². The van der Waals surface area contributed by atoms with E-state index in [9.17, 15) is 9.18 Å². The number of para-hydroxylation sites is 1. The third-order valence-electron chi connectivity index (χ3n) is 6.26. The monoisotopic (exact) mass is 416 g/mol. The minimum absolute atomic E-state index is 0.0319. The van der Waals surface area contributed by atoms with Crippen LogP contribution in [0.2, 0.25) is 0 Å². The number of aromatic amines is 1. The van der Waals surface area contributed by atoms with Crippen molar-refractivity contribution in [3.8, 4) is 11.3 Å². The predicted molar refractivity (Wildman–Crippen MR) is 119 cm³/mol. The number of benzene rings is 2. The Morgan fingerprint density at radius 3 is 2.87 bits per heavy atom. The highest BCUT2D eigenvalue weighted by atomic mass is 19.1. The predicted octanol–water partition coefficient (Wildman–Crippen LogP) is 4.83. The van der Waals surface area contributed by atoms with Crippen molar-refractivity contribution in [1.82, 2.24) is 20.1 Å². The molecule has 1 aliphatic rings. The maximum absolute atomic E-state index is 13.4. The summed E-state index contributed by atoms with van der Waals surface area (Å²) in [4.78, 5) is 16.3. The van der Waals surface area contributed by atoms with E-state index in [0.717, 1.165) is 52.5 Å². The molecule has 5 rings (SSSR count). The molecule has 1 amide bonds. The molecule has 1 unspecified atom stereocenters. The number of H-pyrrole nitrogens is 1. The Balaban J connectivity index is 1.37. The summed E-state index contributed by atoms with van der Waals surface area (Å²) in [7, 11) is 1.96. The smallest absolute Gasteiger partial charge is 0.220 e. The quantitative estimate of drug-likeness (QED) is 0.489. The van der Waals surface area contributed by atoms with E-state index in [1.54, 1.807) is 12.1 Å². The highest BCUT2D eigenvalue weighted by molar-refractivity contribution is 5.91. The van der Waals surface area contributed by atoms with E-state index in [4.69, 9.17) is 0 Å². The second-order valence-electron chi connectivity index (χ2n) is 8.21. The van der Waals surface area contributed by atoms with E-state index in [-0.39, 0.29) is 17.8 Å². The number of carbonyl (C=O) groups excluding carboxylic acids is 1. The molecule has 5 nitrogen and oxygen atoms in total. The third kappa shape index (κ3) is 3.74. The fourth-order valence-electron chi connectivity index (χ4n) is 4.68. The lowest BCUT2D eigenvalue weighted by Gasteiger charge is -2.23. The molecule has 0 bridgehead atoms. The SMILES string of the molecule is Cn1ncc2c1CCCC2NC(=O)CCc1c(-c2ccc(F)cc2)[nH]c2ccccc12. The standard InChI is InChI=1S/C25H25FN4O/c1-30-23-8-4-7-22(20(23)15-27-30)28-24(31)14-13-19-18-5-2-3-6-21(18)29-25(19)16-9-11-17(26)12-10-16/h2-3,5-6,9-12,15,22,29H,4,7-8,13-14H2,1H3,(H,28,31). The van der Waals surface area contributed by atoms with E-state index in [1.807, 2.05) is 36.1 Å². The first-order chi connectivity index (χ1) is 15.1. The number of amides is 1. The van der Waals surface area contributed by atoms with Crippen LogP contribution in [-0.4, -0.2) is 20.7 Å². The molecular weight excluding hydrogens is 391 g/mol. The highest BCUT2D eigenvalue weighted by Crippen LogP contribution is 2.32. The van der Waals surface area contributed by atoms with Crippen molar-refractivity contribution in [2.75, 3.05) is 0 Å². The van der Waals surface area contributed by atoms with Gasteiger partial charge in [-0.1, -0.05) is 18.2 Å². The summed E-state index contributed by atoms with van der Waals surface area (Å²) >= 11 is 0. The van der Waals surface area contributed by atoms with E-state index in [2.05, 4.69) is 21.5 Å². The zero-order valence-electron chi connectivity index (χ0n) is 17.5. The lowest BCUT2D eigenvalue weighted by Crippen LogP contribution is -2.31. The second-order valence-corrected chi connectivity index (χ2v) is 8.21. The van der Waals surface area contributed by atoms with Crippen LogP contribution >= 0.6 is 0 Å². The molecule has 0 aliphatic heterocycles. The Hall–Kier alpha value is -3.41. The zero-order valence-corrected chi connectivity index (χ0v) is 17.5. The van der Waals surface area contributed by atoms with Gasteiger partial charge in [-0.25, -0.2) is 4.39 Å². The van der Waals surface area contributed by atoms with Gasteiger partial charge >= 0.3 is 0 Å². The number of nitrogens with one attached hydrogen (secondary N) is 2. The van der Waals surface area contributed by atoms with Crippen LogP contribution < -0.4 is 5.32 Å². The van der Waals surface area contributed by atoms with Crippen molar-refractivity contribution in [3.05, 3.63) is 77.4 Å². The van der Waals surface area contributed by atoms with E-state index in [1.165, 1.54) is 17.8 Å². The molecule has 0 spiro atoms. The van der Waals surface area contributed by atoms with Gasteiger partial charge in [0.15, 0.2) is 0 Å². The highest BCUT2D eigenvalue weighted by Gasteiger charge is 2.25. The van der Waals surface area contributed by atoms with Crippen LogP contribution in [0.25, 0.3) is 22.2 Å². The molecule has 1 aliphatic carbocycles. The molecule has 4 aromatic rings. The molecule has 31 heavy (non-hydrogen) atoms. The summed E-state index contributed by atoms with van der Waals surface area (Å²) < 4.78 is 15.3. The first-order valence-electron chi connectivity index (χ1n) is 10.8. The number of aryl methyl sites for hydroxylation is 2. The van der Waals surface area contributed by atoms with Crippen LogP contribution in [0.15, 0.2) is 54.7 Å². The number of hydrogen-bond donors (Lipinski definition) is 2. The van der Waals surface area contributed by atoms with Gasteiger partial charge in [0.2, 0.25) is 5.91 Å². The number of fused-ring (bicyclic) bond motifs is 2. The minimum atomic E-state index is -0.261. The summed E-state index contributed by atoms with van der Waals surface area (Å²) in [6.07, 6.45) is 5.88. The molecule has 2 aromatic heterocycles. The van der Waals surface area contributed by atoms with Gasteiger partial charge in [-0.05, 0) is 67.1 Å².